The molecule has 0 spiro atoms. The van der Waals surface area contributed by atoms with Crippen LogP contribution in [0, 0.1) is 0 Å². The molecule has 0 aromatic carbocycles. The molecule has 0 rings (SSSR count). The van der Waals surface area contributed by atoms with Crippen molar-refractivity contribution in [2.45, 2.75) is 38.5 Å². The molecule has 0 heterocycles. The fourth-order valence-electron chi connectivity index (χ4n) is 1.85. The van der Waals surface area contributed by atoms with E-state index in [-0.39, 0.29) is 6.61 Å². The SMILES string of the molecule is OCCOCCOCCOCCOCCCCCCCCS. The number of hydrogen-bond donors (Lipinski definition) is 2. The molecule has 1 N–H and O–H groups in total. The fraction of sp³-hybridized carbons (Fsp3) is 1.00. The number of aliphatic hydroxyl groups excluding tert-OH is 1. The topological polar surface area (TPSA) is 57.2 Å². The van der Waals surface area contributed by atoms with E-state index >= 15 is 0 Å². The Morgan fingerprint density at radius 2 is 0.909 bits per heavy atom. The molecule has 0 aliphatic carbocycles. The lowest BCUT2D eigenvalue weighted by Crippen LogP contribution is -2.12. The van der Waals surface area contributed by atoms with Gasteiger partial charge in [0.25, 0.3) is 0 Å². The van der Waals surface area contributed by atoms with Crippen molar-refractivity contribution in [2.75, 3.05) is 65.2 Å². The van der Waals surface area contributed by atoms with Crippen molar-refractivity contribution in [3.8, 4) is 0 Å². The number of hydrogen-bond acceptors (Lipinski definition) is 6. The number of rotatable bonds is 19. The minimum absolute atomic E-state index is 0.0547. The third-order valence-electron chi connectivity index (χ3n) is 3.05. The summed E-state index contributed by atoms with van der Waals surface area (Å²) in [5.74, 6) is 1.01. The average molecular weight is 339 g/mol. The molecule has 0 unspecified atom stereocenters. The van der Waals surface area contributed by atoms with E-state index in [9.17, 15) is 0 Å². The summed E-state index contributed by atoms with van der Waals surface area (Å²) in [6.45, 7) is 4.71. The molecule has 0 bridgehead atoms. The minimum Gasteiger partial charge on any atom is -0.394 e. The Kier molecular flexibility index (Phi) is 21.3. The Morgan fingerprint density at radius 1 is 0.500 bits per heavy atom. The first-order valence-corrected chi connectivity index (χ1v) is 9.07. The fourth-order valence-corrected chi connectivity index (χ4v) is 2.07. The summed E-state index contributed by atoms with van der Waals surface area (Å²) in [7, 11) is 0. The number of unbranched alkanes of at least 4 members (excludes halogenated alkanes) is 5. The zero-order valence-electron chi connectivity index (χ0n) is 13.8. The second-order valence-electron chi connectivity index (χ2n) is 5.02. The van der Waals surface area contributed by atoms with Crippen molar-refractivity contribution in [3.05, 3.63) is 0 Å². The van der Waals surface area contributed by atoms with E-state index in [0.29, 0.717) is 46.2 Å². The van der Waals surface area contributed by atoms with Crippen molar-refractivity contribution in [1.82, 2.24) is 0 Å². The van der Waals surface area contributed by atoms with Gasteiger partial charge in [0.1, 0.15) is 0 Å². The van der Waals surface area contributed by atoms with E-state index in [2.05, 4.69) is 12.6 Å². The number of ether oxygens (including phenoxy) is 4. The van der Waals surface area contributed by atoms with Gasteiger partial charge in [0, 0.05) is 6.61 Å². The highest BCUT2D eigenvalue weighted by Gasteiger charge is 1.94. The van der Waals surface area contributed by atoms with Crippen molar-refractivity contribution in [3.63, 3.8) is 0 Å². The van der Waals surface area contributed by atoms with Crippen LogP contribution < -0.4 is 0 Å². The molecule has 0 aromatic heterocycles. The van der Waals surface area contributed by atoms with Crippen LogP contribution in [0.1, 0.15) is 38.5 Å². The zero-order chi connectivity index (χ0) is 16.1. The molecule has 0 amide bonds. The van der Waals surface area contributed by atoms with Gasteiger partial charge in [0.05, 0.1) is 52.9 Å². The average Bonchev–Trinajstić information content (AvgIpc) is 2.54. The summed E-state index contributed by atoms with van der Waals surface area (Å²) in [4.78, 5) is 0. The van der Waals surface area contributed by atoms with Crippen LogP contribution in [0.2, 0.25) is 0 Å². The highest BCUT2D eigenvalue weighted by Crippen LogP contribution is 2.05. The van der Waals surface area contributed by atoms with Crippen molar-refractivity contribution < 1.29 is 24.1 Å². The van der Waals surface area contributed by atoms with Gasteiger partial charge in [-0.1, -0.05) is 25.7 Å². The molecule has 0 radical (unpaired) electrons. The predicted octanol–water partition coefficient (Wildman–Crippen LogP) is 2.32. The van der Waals surface area contributed by atoms with Gasteiger partial charge < -0.3 is 24.1 Å². The molecule has 0 aliphatic heterocycles. The van der Waals surface area contributed by atoms with E-state index < -0.39 is 0 Å². The molecule has 134 valence electrons. The summed E-state index contributed by atoms with van der Waals surface area (Å²) in [6.07, 6.45) is 7.53. The van der Waals surface area contributed by atoms with Crippen LogP contribution >= 0.6 is 12.6 Å². The van der Waals surface area contributed by atoms with Gasteiger partial charge in [-0.25, -0.2) is 0 Å². The Morgan fingerprint density at radius 3 is 1.41 bits per heavy atom. The van der Waals surface area contributed by atoms with Crippen molar-refractivity contribution in [2.24, 2.45) is 0 Å². The van der Waals surface area contributed by atoms with Crippen LogP contribution in [0.25, 0.3) is 0 Å². The van der Waals surface area contributed by atoms with E-state index in [1.165, 1.54) is 32.1 Å². The lowest BCUT2D eigenvalue weighted by Gasteiger charge is -2.07. The first-order chi connectivity index (χ1) is 10.9. The Labute approximate surface area is 141 Å². The maximum atomic E-state index is 8.50. The molecule has 0 saturated heterocycles. The summed E-state index contributed by atoms with van der Waals surface area (Å²) in [5.41, 5.74) is 0. The van der Waals surface area contributed by atoms with Gasteiger partial charge in [-0.2, -0.15) is 12.6 Å². The normalized spacial score (nSPS) is 11.2. The molecule has 6 heteroatoms. The van der Waals surface area contributed by atoms with Crippen LogP contribution in [0.5, 0.6) is 0 Å². The van der Waals surface area contributed by atoms with Gasteiger partial charge in [0.2, 0.25) is 0 Å². The molecule has 5 nitrogen and oxygen atoms in total. The maximum Gasteiger partial charge on any atom is 0.0701 e. The number of thiol groups is 1. The first kappa shape index (κ1) is 22.1. The molecule has 22 heavy (non-hydrogen) atoms. The van der Waals surface area contributed by atoms with Gasteiger partial charge in [-0.3, -0.25) is 0 Å². The zero-order valence-corrected chi connectivity index (χ0v) is 14.7. The lowest BCUT2D eigenvalue weighted by atomic mass is 10.1. The molecular formula is C16H34O5S. The lowest BCUT2D eigenvalue weighted by molar-refractivity contribution is -0.00577. The summed E-state index contributed by atoms with van der Waals surface area (Å²) < 4.78 is 21.3. The Balaban J connectivity index is 2.91. The minimum atomic E-state index is 0.0547. The van der Waals surface area contributed by atoms with Crippen LogP contribution in [0.3, 0.4) is 0 Å². The third kappa shape index (κ3) is 20.1. The van der Waals surface area contributed by atoms with E-state index in [1.807, 2.05) is 0 Å². The standard InChI is InChI=1S/C16H34O5S/c17-7-9-19-11-13-21-15-14-20-12-10-18-8-5-3-1-2-4-6-16-22/h17,22H,1-16H2. The molecular weight excluding hydrogens is 304 g/mol. The van der Waals surface area contributed by atoms with Gasteiger partial charge in [0.15, 0.2) is 0 Å². The smallest absolute Gasteiger partial charge is 0.0701 e. The maximum absolute atomic E-state index is 8.50. The van der Waals surface area contributed by atoms with E-state index in [4.69, 9.17) is 24.1 Å². The van der Waals surface area contributed by atoms with E-state index in [1.54, 1.807) is 0 Å². The predicted molar refractivity (Wildman–Crippen MR) is 91.9 cm³/mol. The van der Waals surface area contributed by atoms with Crippen LogP contribution in [0.15, 0.2) is 0 Å². The van der Waals surface area contributed by atoms with Crippen LogP contribution in [-0.4, -0.2) is 70.3 Å². The second-order valence-corrected chi connectivity index (χ2v) is 5.47. The first-order valence-electron chi connectivity index (χ1n) is 8.44. The van der Waals surface area contributed by atoms with Gasteiger partial charge >= 0.3 is 0 Å². The summed E-state index contributed by atoms with van der Waals surface area (Å²) in [6, 6.07) is 0. The molecule has 0 aliphatic rings. The van der Waals surface area contributed by atoms with Crippen LogP contribution in [0.4, 0.5) is 0 Å². The van der Waals surface area contributed by atoms with E-state index in [0.717, 1.165) is 18.8 Å². The quantitative estimate of drug-likeness (QED) is 0.280. The second kappa shape index (κ2) is 21.1. The Hall–Kier alpha value is 0.150. The molecule has 0 aromatic rings. The van der Waals surface area contributed by atoms with Crippen molar-refractivity contribution in [1.29, 1.82) is 0 Å². The third-order valence-corrected chi connectivity index (χ3v) is 3.36. The van der Waals surface area contributed by atoms with Crippen LogP contribution in [-0.2, 0) is 18.9 Å². The van der Waals surface area contributed by atoms with Gasteiger partial charge in [-0.05, 0) is 18.6 Å². The number of aliphatic hydroxyl groups is 1. The summed E-state index contributed by atoms with van der Waals surface area (Å²) >= 11 is 4.20. The summed E-state index contributed by atoms with van der Waals surface area (Å²) in [5, 5.41) is 8.50. The Bertz CT molecular complexity index is 175. The molecule has 0 saturated carbocycles. The molecule has 0 atom stereocenters. The van der Waals surface area contributed by atoms with Crippen molar-refractivity contribution >= 4 is 12.6 Å². The monoisotopic (exact) mass is 338 g/mol. The largest absolute Gasteiger partial charge is 0.394 e. The highest BCUT2D eigenvalue weighted by atomic mass is 32.1. The van der Waals surface area contributed by atoms with Gasteiger partial charge in [-0.15, -0.1) is 0 Å². The molecule has 0 fully saturated rings. The highest BCUT2D eigenvalue weighted by molar-refractivity contribution is 7.80.